The second-order valence-electron chi connectivity index (χ2n) is 6.08. The average molecular weight is 373 g/mol. The summed E-state index contributed by atoms with van der Waals surface area (Å²) in [6, 6.07) is 11.5. The van der Waals surface area contributed by atoms with Gasteiger partial charge < -0.3 is 10.5 Å². The van der Waals surface area contributed by atoms with E-state index in [1.807, 2.05) is 0 Å². The SMILES string of the molecule is CCOC(=O)C(N)(Cc1ccc([N+](=O)[O-])cc1)Cc1ccc([N+](=O)[O-])cc1. The molecular formula is C18H19N3O6. The van der Waals surface area contributed by atoms with Crippen LogP contribution in [0.1, 0.15) is 18.1 Å². The Morgan fingerprint density at radius 3 is 1.59 bits per heavy atom. The number of rotatable bonds is 8. The van der Waals surface area contributed by atoms with Gasteiger partial charge in [-0.05, 0) is 18.1 Å². The fourth-order valence-electron chi connectivity index (χ4n) is 2.68. The Balaban J connectivity index is 2.27. The largest absolute Gasteiger partial charge is 0.465 e. The van der Waals surface area contributed by atoms with Crippen molar-refractivity contribution in [2.24, 2.45) is 5.73 Å². The Morgan fingerprint density at radius 2 is 1.30 bits per heavy atom. The highest BCUT2D eigenvalue weighted by Crippen LogP contribution is 2.22. The molecular weight excluding hydrogens is 354 g/mol. The molecule has 0 unspecified atom stereocenters. The van der Waals surface area contributed by atoms with E-state index in [1.54, 1.807) is 6.92 Å². The molecule has 0 aliphatic heterocycles. The lowest BCUT2D eigenvalue weighted by Crippen LogP contribution is -2.52. The smallest absolute Gasteiger partial charge is 0.326 e. The first kappa shape index (κ1) is 20.0. The number of carbonyl (C=O) groups is 1. The second kappa shape index (κ2) is 8.37. The molecule has 0 aromatic heterocycles. The van der Waals surface area contributed by atoms with E-state index in [9.17, 15) is 25.0 Å². The number of benzene rings is 2. The molecule has 0 radical (unpaired) electrons. The summed E-state index contributed by atoms with van der Waals surface area (Å²) in [5, 5.41) is 21.5. The van der Waals surface area contributed by atoms with Gasteiger partial charge >= 0.3 is 5.97 Å². The molecule has 142 valence electrons. The van der Waals surface area contributed by atoms with Crippen LogP contribution < -0.4 is 5.73 Å². The van der Waals surface area contributed by atoms with E-state index in [0.717, 1.165) is 0 Å². The van der Waals surface area contributed by atoms with Crippen LogP contribution in [-0.4, -0.2) is 28.0 Å². The highest BCUT2D eigenvalue weighted by molar-refractivity contribution is 5.81. The highest BCUT2D eigenvalue weighted by Gasteiger charge is 2.36. The van der Waals surface area contributed by atoms with Crippen molar-refractivity contribution in [1.82, 2.24) is 0 Å². The molecule has 0 amide bonds. The van der Waals surface area contributed by atoms with E-state index in [1.165, 1.54) is 48.5 Å². The van der Waals surface area contributed by atoms with E-state index in [2.05, 4.69) is 0 Å². The predicted molar refractivity (Wildman–Crippen MR) is 97.2 cm³/mol. The zero-order chi connectivity index (χ0) is 20.0. The van der Waals surface area contributed by atoms with Gasteiger partial charge in [0.25, 0.3) is 11.4 Å². The molecule has 0 atom stereocenters. The minimum absolute atomic E-state index is 0.0622. The van der Waals surface area contributed by atoms with Crippen molar-refractivity contribution >= 4 is 17.3 Å². The van der Waals surface area contributed by atoms with Crippen molar-refractivity contribution in [3.8, 4) is 0 Å². The number of esters is 1. The summed E-state index contributed by atoms with van der Waals surface area (Å²) in [6.07, 6.45) is 0.196. The molecule has 2 rings (SSSR count). The minimum atomic E-state index is -1.41. The van der Waals surface area contributed by atoms with E-state index < -0.39 is 21.4 Å². The average Bonchev–Trinajstić information content (AvgIpc) is 2.62. The number of carbonyl (C=O) groups excluding carboxylic acids is 1. The Hall–Kier alpha value is -3.33. The van der Waals surface area contributed by atoms with Gasteiger partial charge in [-0.25, -0.2) is 0 Å². The number of non-ortho nitro benzene ring substituents is 2. The van der Waals surface area contributed by atoms with Crippen LogP contribution in [0.15, 0.2) is 48.5 Å². The third kappa shape index (κ3) is 5.08. The maximum Gasteiger partial charge on any atom is 0.326 e. The molecule has 2 aromatic carbocycles. The van der Waals surface area contributed by atoms with E-state index in [-0.39, 0.29) is 30.8 Å². The Morgan fingerprint density at radius 1 is 0.926 bits per heavy atom. The first-order valence-electron chi connectivity index (χ1n) is 8.18. The van der Waals surface area contributed by atoms with Crippen molar-refractivity contribution in [3.05, 3.63) is 79.9 Å². The topological polar surface area (TPSA) is 139 Å². The zero-order valence-electron chi connectivity index (χ0n) is 14.7. The maximum atomic E-state index is 12.5. The predicted octanol–water partition coefficient (Wildman–Crippen LogP) is 2.55. The number of nitrogens with two attached hydrogens (primary N) is 1. The van der Waals surface area contributed by atoms with Gasteiger partial charge in [0.2, 0.25) is 0 Å². The van der Waals surface area contributed by atoms with Gasteiger partial charge in [0, 0.05) is 37.1 Å². The van der Waals surface area contributed by atoms with Gasteiger partial charge in [0.15, 0.2) is 0 Å². The van der Waals surface area contributed by atoms with Crippen molar-refractivity contribution in [2.75, 3.05) is 6.61 Å². The maximum absolute atomic E-state index is 12.5. The second-order valence-corrected chi connectivity index (χ2v) is 6.08. The number of nitrogens with zero attached hydrogens (tertiary/aromatic N) is 2. The van der Waals surface area contributed by atoms with Gasteiger partial charge in [0.1, 0.15) is 5.54 Å². The van der Waals surface area contributed by atoms with Crippen LogP contribution in [-0.2, 0) is 22.4 Å². The first-order valence-corrected chi connectivity index (χ1v) is 8.18. The van der Waals surface area contributed by atoms with Crippen molar-refractivity contribution in [2.45, 2.75) is 25.3 Å². The number of hydrogen-bond donors (Lipinski definition) is 1. The van der Waals surface area contributed by atoms with Gasteiger partial charge in [0.05, 0.1) is 16.5 Å². The molecule has 27 heavy (non-hydrogen) atoms. The molecule has 2 aromatic rings. The van der Waals surface area contributed by atoms with Crippen LogP contribution in [0.3, 0.4) is 0 Å². The molecule has 0 saturated carbocycles. The van der Waals surface area contributed by atoms with Crippen molar-refractivity contribution < 1.29 is 19.4 Å². The Bertz CT molecular complexity index is 774. The Labute approximate surface area is 155 Å². The third-order valence-electron chi connectivity index (χ3n) is 4.02. The molecule has 0 aliphatic rings. The summed E-state index contributed by atoms with van der Waals surface area (Å²) >= 11 is 0. The van der Waals surface area contributed by atoms with Crippen LogP contribution in [0, 0.1) is 20.2 Å². The van der Waals surface area contributed by atoms with Crippen LogP contribution in [0.2, 0.25) is 0 Å². The zero-order valence-corrected chi connectivity index (χ0v) is 14.7. The number of ether oxygens (including phenoxy) is 1. The molecule has 0 spiro atoms. The molecule has 0 saturated heterocycles. The molecule has 9 nitrogen and oxygen atoms in total. The monoisotopic (exact) mass is 373 g/mol. The number of hydrogen-bond acceptors (Lipinski definition) is 7. The summed E-state index contributed by atoms with van der Waals surface area (Å²) < 4.78 is 5.09. The van der Waals surface area contributed by atoms with E-state index in [0.29, 0.717) is 11.1 Å². The van der Waals surface area contributed by atoms with Gasteiger partial charge in [-0.15, -0.1) is 0 Å². The molecule has 2 N–H and O–H groups in total. The highest BCUT2D eigenvalue weighted by atomic mass is 16.6. The number of nitro groups is 2. The van der Waals surface area contributed by atoms with Gasteiger partial charge in [-0.3, -0.25) is 25.0 Å². The van der Waals surface area contributed by atoms with E-state index in [4.69, 9.17) is 10.5 Å². The fraction of sp³-hybridized carbons (Fsp3) is 0.278. The summed E-state index contributed by atoms with van der Waals surface area (Å²) in [7, 11) is 0. The van der Waals surface area contributed by atoms with Gasteiger partial charge in [-0.1, -0.05) is 24.3 Å². The molecule has 0 heterocycles. The van der Waals surface area contributed by atoms with Crippen LogP contribution >= 0.6 is 0 Å². The van der Waals surface area contributed by atoms with Crippen LogP contribution in [0.5, 0.6) is 0 Å². The quantitative estimate of drug-likeness (QED) is 0.426. The Kier molecular flexibility index (Phi) is 6.19. The lowest BCUT2D eigenvalue weighted by molar-refractivity contribution is -0.385. The van der Waals surface area contributed by atoms with E-state index >= 15 is 0 Å². The standard InChI is InChI=1S/C18H19N3O6/c1-2-27-17(22)18(19,11-13-3-7-15(8-4-13)20(23)24)12-14-5-9-16(10-6-14)21(25)26/h3-10H,2,11-12,19H2,1H3. The molecule has 9 heteroatoms. The summed E-state index contributed by atoms with van der Waals surface area (Å²) in [5.74, 6) is -0.610. The van der Waals surface area contributed by atoms with Crippen LogP contribution in [0.4, 0.5) is 11.4 Å². The molecule has 0 bridgehead atoms. The molecule has 0 aliphatic carbocycles. The third-order valence-corrected chi connectivity index (χ3v) is 4.02. The number of nitro benzene ring substituents is 2. The summed E-state index contributed by atoms with van der Waals surface area (Å²) in [5.41, 5.74) is 6.08. The summed E-state index contributed by atoms with van der Waals surface area (Å²) in [4.78, 5) is 33.0. The fourth-order valence-corrected chi connectivity index (χ4v) is 2.68. The minimum Gasteiger partial charge on any atom is -0.465 e. The first-order chi connectivity index (χ1) is 12.7. The normalized spacial score (nSPS) is 11.0. The lowest BCUT2D eigenvalue weighted by atomic mass is 9.85. The van der Waals surface area contributed by atoms with Crippen molar-refractivity contribution in [3.63, 3.8) is 0 Å². The van der Waals surface area contributed by atoms with Crippen molar-refractivity contribution in [1.29, 1.82) is 0 Å². The lowest BCUT2D eigenvalue weighted by Gasteiger charge is -2.27. The summed E-state index contributed by atoms with van der Waals surface area (Å²) in [6.45, 7) is 1.81. The van der Waals surface area contributed by atoms with Gasteiger partial charge in [-0.2, -0.15) is 0 Å². The van der Waals surface area contributed by atoms with Crippen LogP contribution in [0.25, 0.3) is 0 Å². The molecule has 0 fully saturated rings.